The molecule has 8 nitrogen and oxygen atoms in total. The van der Waals surface area contributed by atoms with Crippen LogP contribution in [0.15, 0.2) is 60.3 Å². The summed E-state index contributed by atoms with van der Waals surface area (Å²) in [5.41, 5.74) is -3.18. The Bertz CT molecular complexity index is 1620. The number of allylic oxidation sites excluding steroid dienone is 4. The number of aromatic nitrogens is 1. The first-order chi connectivity index (χ1) is 21.3. The molecule has 1 saturated heterocycles. The second-order valence-electron chi connectivity index (χ2n) is 14.0. The Kier molecular flexibility index (Phi) is 6.97. The molecule has 4 aliphatic carbocycles. The summed E-state index contributed by atoms with van der Waals surface area (Å²) in [7, 11) is 1.85. The fraction of sp³-hybridized carbons (Fsp3) is 0.543. The highest BCUT2D eigenvalue weighted by molar-refractivity contribution is 6.01. The Labute approximate surface area is 260 Å². The van der Waals surface area contributed by atoms with Crippen molar-refractivity contribution in [1.29, 1.82) is 0 Å². The Morgan fingerprint density at radius 1 is 1.09 bits per heavy atom. The molecule has 240 valence electrons. The molecule has 0 radical (unpaired) electrons. The van der Waals surface area contributed by atoms with Gasteiger partial charge >= 0.3 is 0 Å². The molecule has 10 atom stereocenters. The van der Waals surface area contributed by atoms with Gasteiger partial charge in [0.2, 0.25) is 6.29 Å². The summed E-state index contributed by atoms with van der Waals surface area (Å²) in [5.74, 6) is -2.64. The van der Waals surface area contributed by atoms with E-state index in [2.05, 4.69) is 0 Å². The molecule has 0 bridgehead atoms. The normalized spacial score (nSPS) is 41.7. The predicted octanol–water partition coefficient (Wildman–Crippen LogP) is 3.75. The van der Waals surface area contributed by atoms with Gasteiger partial charge in [-0.25, -0.2) is 8.78 Å². The van der Waals surface area contributed by atoms with Gasteiger partial charge in [-0.2, -0.15) is 0 Å². The van der Waals surface area contributed by atoms with Gasteiger partial charge in [-0.05, 0) is 79.0 Å². The highest BCUT2D eigenvalue weighted by Crippen LogP contribution is 2.72. The Morgan fingerprint density at radius 2 is 1.80 bits per heavy atom. The summed E-state index contributed by atoms with van der Waals surface area (Å²) in [4.78, 5) is 25.9. The smallest absolute Gasteiger partial charge is 0.200 e. The Morgan fingerprint density at radius 3 is 2.49 bits per heavy atom. The first-order valence-electron chi connectivity index (χ1n) is 15.6. The zero-order valence-electron chi connectivity index (χ0n) is 25.6. The molecule has 2 aromatic rings. The van der Waals surface area contributed by atoms with E-state index in [9.17, 15) is 24.9 Å². The van der Waals surface area contributed by atoms with Crippen molar-refractivity contribution in [3.63, 3.8) is 0 Å². The van der Waals surface area contributed by atoms with Crippen LogP contribution in [0.2, 0.25) is 0 Å². The topological polar surface area (TPSA) is 118 Å². The van der Waals surface area contributed by atoms with Crippen molar-refractivity contribution in [3.05, 3.63) is 82.7 Å². The number of ketones is 2. The van der Waals surface area contributed by atoms with E-state index in [1.165, 1.54) is 19.1 Å². The van der Waals surface area contributed by atoms with Crippen molar-refractivity contribution < 1.29 is 43.2 Å². The summed E-state index contributed by atoms with van der Waals surface area (Å²) >= 11 is 0. The number of benzene rings is 1. The Balaban J connectivity index is 1.23. The van der Waals surface area contributed by atoms with Gasteiger partial charge in [-0.15, -0.1) is 0 Å². The van der Waals surface area contributed by atoms with Crippen LogP contribution in [0.25, 0.3) is 0 Å². The van der Waals surface area contributed by atoms with Crippen LogP contribution in [0.4, 0.5) is 8.78 Å². The van der Waals surface area contributed by atoms with Gasteiger partial charge in [0.25, 0.3) is 0 Å². The lowest BCUT2D eigenvalue weighted by Crippen LogP contribution is -2.70. The number of ether oxygens (including phenoxy) is 2. The molecule has 7 rings (SSSR count). The minimum Gasteiger partial charge on any atom is -0.392 e. The van der Waals surface area contributed by atoms with Crippen molar-refractivity contribution in [1.82, 2.24) is 4.57 Å². The maximum atomic E-state index is 17.6. The second-order valence-corrected chi connectivity index (χ2v) is 14.0. The molecule has 3 N–H and O–H groups in total. The minimum atomic E-state index is -2.30. The van der Waals surface area contributed by atoms with Crippen LogP contribution in [-0.2, 0) is 39.1 Å². The zero-order valence-corrected chi connectivity index (χ0v) is 25.6. The third-order valence-electron chi connectivity index (χ3n) is 11.9. The number of aliphatic hydroxyl groups excluding tert-OH is 3. The van der Waals surface area contributed by atoms with Crippen LogP contribution in [-0.4, -0.2) is 67.7 Å². The number of hydrogen-bond acceptors (Lipinski definition) is 7. The maximum absolute atomic E-state index is 17.6. The number of nitrogens with zero attached hydrogens (tertiary/aromatic N) is 1. The molecule has 3 saturated carbocycles. The third kappa shape index (κ3) is 3.99. The van der Waals surface area contributed by atoms with Crippen LogP contribution in [0, 0.1) is 22.7 Å². The predicted molar refractivity (Wildman–Crippen MR) is 158 cm³/mol. The number of Topliss-reactive ketones (excluding diaryl/α,β-unsaturated/α-hetero) is 1. The number of carbonyl (C=O) groups is 2. The largest absolute Gasteiger partial charge is 0.392 e. The quantitative estimate of drug-likeness (QED) is 0.449. The lowest BCUT2D eigenvalue weighted by molar-refractivity contribution is -0.235. The molecule has 1 aliphatic heterocycles. The molecule has 0 amide bonds. The molecular weight excluding hydrogens is 584 g/mol. The van der Waals surface area contributed by atoms with Gasteiger partial charge < -0.3 is 29.4 Å². The fourth-order valence-corrected chi connectivity index (χ4v) is 9.68. The number of aryl methyl sites for hydroxylation is 1. The number of halogens is 2. The molecule has 0 unspecified atom stereocenters. The van der Waals surface area contributed by atoms with Gasteiger partial charge in [-0.1, -0.05) is 37.3 Å². The first kappa shape index (κ1) is 30.6. The Hall–Kier alpha value is -3.02. The number of fused-ring (bicyclic) bond motifs is 7. The number of carbonyl (C=O) groups excluding carboxylic acids is 2. The number of rotatable bonds is 6. The SMILES string of the molecule is Cn1cc(Cc2ccc(CO)cc2)cc1[C@@H]1O[C@@H]2C[C@H]3[C@@H]4C[C@H](F)C5=CC(=O)C=C[C@]5(C)[C@@]4(F)[C@@H](O)C[C@]3(C)[C@]2(C(=O)CO)O1. The third-order valence-corrected chi connectivity index (χ3v) is 11.9. The van der Waals surface area contributed by atoms with Crippen molar-refractivity contribution in [2.45, 2.75) is 82.1 Å². The van der Waals surface area contributed by atoms with E-state index in [1.54, 1.807) is 6.92 Å². The van der Waals surface area contributed by atoms with E-state index in [4.69, 9.17) is 9.47 Å². The van der Waals surface area contributed by atoms with Crippen molar-refractivity contribution in [2.24, 2.45) is 29.7 Å². The van der Waals surface area contributed by atoms with E-state index in [1.807, 2.05) is 48.1 Å². The molecule has 10 heteroatoms. The zero-order chi connectivity index (χ0) is 32.1. The molecular formula is C35H39F2NO7. The standard InChI is InChI=1S/C35H39F2NO7/c1-32-9-8-22(41)12-25(32)26(36)13-24-23-14-30-35(29(43)18-40,33(23,2)15-28(42)34(24,32)37)45-31(44-30)27-11-21(16-38(27)3)10-19-4-6-20(17-39)7-5-19/h4-9,11-12,16,23-24,26,28,30-31,39-40,42H,10,13-15,17-18H2,1-3H3/t23-,24-,26-,28-,30+,31+,32-,33-,34-,35+/m0/s1. The van der Waals surface area contributed by atoms with Gasteiger partial charge in [0.15, 0.2) is 22.8 Å². The minimum absolute atomic E-state index is 0.0325. The van der Waals surface area contributed by atoms with Crippen molar-refractivity contribution in [3.8, 4) is 0 Å². The maximum Gasteiger partial charge on any atom is 0.200 e. The average molecular weight is 624 g/mol. The van der Waals surface area contributed by atoms with Crippen LogP contribution < -0.4 is 0 Å². The first-order valence-corrected chi connectivity index (χ1v) is 15.6. The summed E-state index contributed by atoms with van der Waals surface area (Å²) in [6.45, 7) is 2.44. The average Bonchev–Trinajstić information content (AvgIpc) is 3.65. The summed E-state index contributed by atoms with van der Waals surface area (Å²) in [5, 5.41) is 31.3. The van der Waals surface area contributed by atoms with Gasteiger partial charge in [0.1, 0.15) is 12.8 Å². The van der Waals surface area contributed by atoms with Crippen LogP contribution in [0.5, 0.6) is 0 Å². The van der Waals surface area contributed by atoms with E-state index < -0.39 is 76.8 Å². The van der Waals surface area contributed by atoms with Crippen molar-refractivity contribution in [2.75, 3.05) is 6.61 Å². The van der Waals surface area contributed by atoms with Gasteiger partial charge in [0.05, 0.1) is 24.5 Å². The second kappa shape index (κ2) is 10.2. The van der Waals surface area contributed by atoms with E-state index >= 15 is 8.78 Å². The van der Waals surface area contributed by atoms with Gasteiger partial charge in [0, 0.05) is 30.0 Å². The van der Waals surface area contributed by atoms with Crippen LogP contribution in [0.3, 0.4) is 0 Å². The number of aliphatic hydroxyl groups is 3. The van der Waals surface area contributed by atoms with Crippen molar-refractivity contribution >= 4 is 11.6 Å². The number of alkyl halides is 2. The molecule has 1 aromatic carbocycles. The summed E-state index contributed by atoms with van der Waals surface area (Å²) in [6, 6.07) is 9.58. The van der Waals surface area contributed by atoms with E-state index in [0.717, 1.165) is 22.8 Å². The fourth-order valence-electron chi connectivity index (χ4n) is 9.68. The van der Waals surface area contributed by atoms with E-state index in [0.29, 0.717) is 12.1 Å². The highest BCUT2D eigenvalue weighted by atomic mass is 19.1. The molecule has 4 fully saturated rings. The lowest BCUT2D eigenvalue weighted by atomic mass is 9.44. The molecule has 1 aromatic heterocycles. The molecule has 5 aliphatic rings. The number of hydrogen-bond donors (Lipinski definition) is 3. The summed E-state index contributed by atoms with van der Waals surface area (Å²) < 4.78 is 48.4. The summed E-state index contributed by atoms with van der Waals surface area (Å²) in [6.07, 6.45) is 1.05. The van der Waals surface area contributed by atoms with Crippen LogP contribution >= 0.6 is 0 Å². The lowest BCUT2D eigenvalue weighted by Gasteiger charge is -2.63. The van der Waals surface area contributed by atoms with Crippen LogP contribution in [0.1, 0.15) is 61.8 Å². The molecule has 0 spiro atoms. The van der Waals surface area contributed by atoms with Gasteiger partial charge in [-0.3, -0.25) is 9.59 Å². The monoisotopic (exact) mass is 623 g/mol. The molecule has 45 heavy (non-hydrogen) atoms. The van der Waals surface area contributed by atoms with E-state index in [-0.39, 0.29) is 31.4 Å². The highest BCUT2D eigenvalue weighted by Gasteiger charge is 2.80. The molecule has 2 heterocycles.